The van der Waals surface area contributed by atoms with Crippen molar-refractivity contribution in [2.45, 2.75) is 0 Å². The molecule has 0 saturated heterocycles. The lowest BCUT2D eigenvalue weighted by molar-refractivity contribution is -0.117. The van der Waals surface area contributed by atoms with Gasteiger partial charge in [-0.05, 0) is 24.3 Å². The minimum absolute atomic E-state index is 0.0353. The van der Waals surface area contributed by atoms with Crippen LogP contribution in [0.3, 0.4) is 0 Å². The van der Waals surface area contributed by atoms with Crippen LogP contribution in [0.4, 0.5) is 10.1 Å². The highest BCUT2D eigenvalue weighted by atomic mass is 19.1. The van der Waals surface area contributed by atoms with Crippen LogP contribution in [0.5, 0.6) is 0 Å². The number of carbonyl (C=O) groups excluding carboxylic acids is 3. The van der Waals surface area contributed by atoms with Gasteiger partial charge in [0.25, 0.3) is 11.8 Å². The average Bonchev–Trinajstić information content (AvgIpc) is 3.31. The third kappa shape index (κ3) is 3.98. The number of H-pyrrole nitrogens is 1. The number of aromatic amines is 1. The number of carbonyl (C=O) groups is 3. The molecule has 0 radical (unpaired) electrons. The summed E-state index contributed by atoms with van der Waals surface area (Å²) in [6.45, 7) is -0.370. The van der Waals surface area contributed by atoms with Crippen molar-refractivity contribution in [3.63, 3.8) is 0 Å². The summed E-state index contributed by atoms with van der Waals surface area (Å²) in [5.74, 6) is -2.69. The van der Waals surface area contributed by atoms with Crippen LogP contribution in [0, 0.1) is 5.82 Å². The largest absolute Gasteiger partial charge is 0.368 e. The van der Waals surface area contributed by atoms with E-state index in [1.807, 2.05) is 0 Å². The molecule has 3 aromatic rings. The van der Waals surface area contributed by atoms with Gasteiger partial charge in [0.1, 0.15) is 17.2 Å². The standard InChI is InChI=1S/C16H14FN7O3/c17-10-6-9(2-3-12(10)24-5-1-4-21-24)15(26)22-11-7-20-23-14(11)16(27)19-8-13(18)25/h1-7H,8H2,(H2,18,25)(H,19,27)(H,20,23)(H,22,26). The third-order valence-corrected chi connectivity index (χ3v) is 3.50. The van der Waals surface area contributed by atoms with Crippen molar-refractivity contribution in [3.8, 4) is 5.69 Å². The first-order chi connectivity index (χ1) is 13.0. The van der Waals surface area contributed by atoms with E-state index in [9.17, 15) is 18.8 Å². The first-order valence-corrected chi connectivity index (χ1v) is 7.66. The molecule has 27 heavy (non-hydrogen) atoms. The molecule has 0 unspecified atom stereocenters. The number of nitrogens with one attached hydrogen (secondary N) is 3. The molecule has 3 amide bonds. The van der Waals surface area contributed by atoms with Crippen LogP contribution >= 0.6 is 0 Å². The first kappa shape index (κ1) is 17.8. The van der Waals surface area contributed by atoms with E-state index in [1.54, 1.807) is 12.3 Å². The van der Waals surface area contributed by atoms with Crippen molar-refractivity contribution in [3.05, 3.63) is 59.9 Å². The van der Waals surface area contributed by atoms with Crippen molar-refractivity contribution >= 4 is 23.4 Å². The Kier molecular flexibility index (Phi) is 4.92. The maximum Gasteiger partial charge on any atom is 0.271 e. The average molecular weight is 371 g/mol. The molecule has 138 valence electrons. The molecule has 11 heteroatoms. The predicted molar refractivity (Wildman–Crippen MR) is 91.6 cm³/mol. The van der Waals surface area contributed by atoms with Crippen LogP contribution in [0.25, 0.3) is 5.69 Å². The summed E-state index contributed by atoms with van der Waals surface area (Å²) in [4.78, 5) is 35.1. The van der Waals surface area contributed by atoms with Crippen molar-refractivity contribution in [1.29, 1.82) is 0 Å². The number of hydrogen-bond donors (Lipinski definition) is 4. The summed E-state index contributed by atoms with van der Waals surface area (Å²) in [7, 11) is 0. The maximum atomic E-state index is 14.3. The number of primary amides is 1. The Balaban J connectivity index is 1.75. The summed E-state index contributed by atoms with van der Waals surface area (Å²) in [6.07, 6.45) is 4.29. The van der Waals surface area contributed by atoms with Gasteiger partial charge in [0, 0.05) is 18.0 Å². The highest BCUT2D eigenvalue weighted by Gasteiger charge is 2.18. The Morgan fingerprint density at radius 1 is 1.26 bits per heavy atom. The fourth-order valence-corrected chi connectivity index (χ4v) is 2.25. The van der Waals surface area contributed by atoms with Gasteiger partial charge >= 0.3 is 0 Å². The molecule has 2 aromatic heterocycles. The highest BCUT2D eigenvalue weighted by molar-refractivity contribution is 6.08. The molecule has 5 N–H and O–H groups in total. The molecule has 0 spiro atoms. The van der Waals surface area contributed by atoms with E-state index in [-0.39, 0.29) is 29.2 Å². The zero-order chi connectivity index (χ0) is 19.4. The van der Waals surface area contributed by atoms with E-state index in [2.05, 4.69) is 25.9 Å². The van der Waals surface area contributed by atoms with Crippen molar-refractivity contribution in [2.24, 2.45) is 5.73 Å². The molecule has 1 aromatic carbocycles. The number of nitrogens with two attached hydrogens (primary N) is 1. The first-order valence-electron chi connectivity index (χ1n) is 7.66. The molecule has 3 rings (SSSR count). The molecule has 10 nitrogen and oxygen atoms in total. The normalized spacial score (nSPS) is 10.4. The quantitative estimate of drug-likeness (QED) is 0.489. The number of amides is 3. The molecular weight excluding hydrogens is 357 g/mol. The van der Waals surface area contributed by atoms with Gasteiger partial charge < -0.3 is 16.4 Å². The van der Waals surface area contributed by atoms with Gasteiger partial charge in [0.05, 0.1) is 18.4 Å². The van der Waals surface area contributed by atoms with Crippen LogP contribution < -0.4 is 16.4 Å². The van der Waals surface area contributed by atoms with E-state index in [0.29, 0.717) is 0 Å². The van der Waals surface area contributed by atoms with E-state index in [4.69, 9.17) is 5.73 Å². The Bertz CT molecular complexity index is 997. The lowest BCUT2D eigenvalue weighted by Crippen LogP contribution is -2.34. The Hall–Kier alpha value is -4.02. The molecule has 0 fully saturated rings. The topological polar surface area (TPSA) is 148 Å². The number of anilines is 1. The van der Waals surface area contributed by atoms with Crippen molar-refractivity contribution in [1.82, 2.24) is 25.3 Å². The molecule has 0 atom stereocenters. The number of rotatable bonds is 6. The molecule has 0 aliphatic heterocycles. The van der Waals surface area contributed by atoms with Crippen LogP contribution in [0.1, 0.15) is 20.8 Å². The molecule has 0 saturated carbocycles. The minimum Gasteiger partial charge on any atom is -0.368 e. The second-order valence-corrected chi connectivity index (χ2v) is 5.38. The van der Waals surface area contributed by atoms with Gasteiger partial charge in [0.15, 0.2) is 0 Å². The molecule has 2 heterocycles. The van der Waals surface area contributed by atoms with Gasteiger partial charge in [-0.25, -0.2) is 9.07 Å². The molecule has 0 aliphatic carbocycles. The fraction of sp³-hybridized carbons (Fsp3) is 0.0625. The van der Waals surface area contributed by atoms with Crippen molar-refractivity contribution < 1.29 is 18.8 Å². The number of aromatic nitrogens is 4. The number of nitrogens with zero attached hydrogens (tertiary/aromatic N) is 3. The van der Waals surface area contributed by atoms with Gasteiger partial charge in [-0.1, -0.05) is 0 Å². The second kappa shape index (κ2) is 7.47. The van der Waals surface area contributed by atoms with Crippen LogP contribution in [0.15, 0.2) is 42.9 Å². The zero-order valence-electron chi connectivity index (χ0n) is 13.8. The lowest BCUT2D eigenvalue weighted by atomic mass is 10.1. The second-order valence-electron chi connectivity index (χ2n) is 5.38. The summed E-state index contributed by atoms with van der Waals surface area (Å²) < 4.78 is 15.6. The maximum absolute atomic E-state index is 14.3. The number of halogens is 1. The fourth-order valence-electron chi connectivity index (χ4n) is 2.25. The van der Waals surface area contributed by atoms with E-state index >= 15 is 0 Å². The molecular formula is C16H14FN7O3. The smallest absolute Gasteiger partial charge is 0.271 e. The Labute approximate surface area is 151 Å². The van der Waals surface area contributed by atoms with Crippen LogP contribution in [-0.2, 0) is 4.79 Å². The lowest BCUT2D eigenvalue weighted by Gasteiger charge is -2.08. The third-order valence-electron chi connectivity index (χ3n) is 3.50. The SMILES string of the molecule is NC(=O)CNC(=O)c1[nH]ncc1NC(=O)c1ccc(-n2cccn2)c(F)c1. The monoisotopic (exact) mass is 371 g/mol. The van der Waals surface area contributed by atoms with Crippen LogP contribution in [-0.4, -0.2) is 44.2 Å². The minimum atomic E-state index is -0.721. The van der Waals surface area contributed by atoms with Gasteiger partial charge in [-0.3, -0.25) is 19.5 Å². The van der Waals surface area contributed by atoms with Gasteiger partial charge in [0.2, 0.25) is 5.91 Å². The van der Waals surface area contributed by atoms with Gasteiger partial charge in [-0.2, -0.15) is 10.2 Å². The van der Waals surface area contributed by atoms with Crippen LogP contribution in [0.2, 0.25) is 0 Å². The summed E-state index contributed by atoms with van der Waals surface area (Å²) in [6, 6.07) is 5.53. The van der Waals surface area contributed by atoms with E-state index in [0.717, 1.165) is 6.07 Å². The predicted octanol–water partition coefficient (Wildman–Crippen LogP) is 0.202. The summed E-state index contributed by atoms with van der Waals surface area (Å²) >= 11 is 0. The Morgan fingerprint density at radius 2 is 2.07 bits per heavy atom. The van der Waals surface area contributed by atoms with E-state index < -0.39 is 23.5 Å². The highest BCUT2D eigenvalue weighted by Crippen LogP contribution is 2.17. The number of hydrogen-bond acceptors (Lipinski definition) is 5. The summed E-state index contributed by atoms with van der Waals surface area (Å²) in [5, 5.41) is 14.7. The number of benzene rings is 1. The Morgan fingerprint density at radius 3 is 2.74 bits per heavy atom. The molecule has 0 aliphatic rings. The van der Waals surface area contributed by atoms with Crippen molar-refractivity contribution in [2.75, 3.05) is 11.9 Å². The summed E-state index contributed by atoms with van der Waals surface area (Å²) in [5.41, 5.74) is 5.18. The molecule has 0 bridgehead atoms. The van der Waals surface area contributed by atoms with Gasteiger partial charge in [-0.15, -0.1) is 0 Å². The van der Waals surface area contributed by atoms with E-state index in [1.165, 1.54) is 29.2 Å². The zero-order valence-corrected chi connectivity index (χ0v) is 13.8.